The monoisotopic (exact) mass is 214 g/mol. The highest BCUT2D eigenvalue weighted by molar-refractivity contribution is 5.75. The molecule has 15 heavy (non-hydrogen) atoms. The molecule has 88 valence electrons. The van der Waals surface area contributed by atoms with Gasteiger partial charge in [-0.2, -0.15) is 0 Å². The molecule has 1 saturated carbocycles. The smallest absolute Gasteiger partial charge is 0.157 e. The van der Waals surface area contributed by atoms with E-state index < -0.39 is 6.29 Å². The second-order valence-electron chi connectivity index (χ2n) is 4.53. The minimum Gasteiger partial charge on any atom is -0.368 e. The first-order valence-corrected chi connectivity index (χ1v) is 5.92. The lowest BCUT2D eigenvalue weighted by Gasteiger charge is -2.30. The van der Waals surface area contributed by atoms with E-state index in [2.05, 4.69) is 0 Å². The largest absolute Gasteiger partial charge is 0.368 e. The third-order valence-electron chi connectivity index (χ3n) is 3.21. The normalized spacial score (nSPS) is 28.7. The van der Waals surface area contributed by atoms with E-state index in [1.165, 1.54) is 0 Å². The first-order valence-electron chi connectivity index (χ1n) is 5.92. The van der Waals surface area contributed by atoms with Gasteiger partial charge in [0.1, 0.15) is 5.78 Å². The second-order valence-corrected chi connectivity index (χ2v) is 4.53. The highest BCUT2D eigenvalue weighted by Gasteiger charge is 2.27. The van der Waals surface area contributed by atoms with Crippen molar-refractivity contribution in [1.29, 1.82) is 0 Å². The second kappa shape index (κ2) is 6.23. The Labute approximate surface area is 91.8 Å². The summed E-state index contributed by atoms with van der Waals surface area (Å²) in [6, 6.07) is 0. The van der Waals surface area contributed by atoms with Crippen LogP contribution in [0.15, 0.2) is 0 Å². The number of ether oxygens (including phenoxy) is 1. The number of hydrogen-bond acceptors (Lipinski definition) is 3. The zero-order valence-corrected chi connectivity index (χ0v) is 9.74. The molecule has 0 bridgehead atoms. The number of hydrogen-bond donors (Lipinski definition) is 1. The van der Waals surface area contributed by atoms with Crippen molar-refractivity contribution in [2.75, 3.05) is 6.61 Å². The summed E-state index contributed by atoms with van der Waals surface area (Å²) < 4.78 is 5.19. The Kier molecular flexibility index (Phi) is 5.26. The molecule has 0 radical (unpaired) electrons. The summed E-state index contributed by atoms with van der Waals surface area (Å²) in [5.74, 6) is 1.09. The summed E-state index contributed by atoms with van der Waals surface area (Å²) in [7, 11) is 0. The Bertz CT molecular complexity index is 195. The number of ketones is 1. The van der Waals surface area contributed by atoms with Crippen molar-refractivity contribution in [1.82, 2.24) is 0 Å². The van der Waals surface area contributed by atoms with Gasteiger partial charge in [-0.3, -0.25) is 0 Å². The van der Waals surface area contributed by atoms with Gasteiger partial charge in [-0.25, -0.2) is 0 Å². The maximum atomic E-state index is 11.0. The van der Waals surface area contributed by atoms with E-state index in [1.54, 1.807) is 6.92 Å². The van der Waals surface area contributed by atoms with Crippen molar-refractivity contribution < 1.29 is 14.6 Å². The van der Waals surface area contributed by atoms with Crippen LogP contribution in [0.3, 0.4) is 0 Å². The van der Waals surface area contributed by atoms with Gasteiger partial charge in [-0.05, 0) is 45.4 Å². The van der Waals surface area contributed by atoms with Crippen LogP contribution < -0.4 is 0 Å². The molecule has 1 fully saturated rings. The van der Waals surface area contributed by atoms with Crippen LogP contribution in [0.25, 0.3) is 0 Å². The van der Waals surface area contributed by atoms with Gasteiger partial charge in [0.25, 0.3) is 0 Å². The molecule has 1 atom stereocenters. The number of carbonyl (C=O) groups excluding carboxylic acids is 1. The van der Waals surface area contributed by atoms with Gasteiger partial charge in [0.05, 0.1) is 0 Å². The van der Waals surface area contributed by atoms with Gasteiger partial charge in [-0.1, -0.05) is 0 Å². The molecule has 3 heteroatoms. The summed E-state index contributed by atoms with van der Waals surface area (Å²) in [6.07, 6.45) is 4.17. The van der Waals surface area contributed by atoms with E-state index >= 15 is 0 Å². The molecule has 0 heterocycles. The molecule has 1 aliphatic carbocycles. The van der Waals surface area contributed by atoms with Crippen molar-refractivity contribution in [2.24, 2.45) is 11.8 Å². The fourth-order valence-corrected chi connectivity index (χ4v) is 2.39. The molecule has 0 saturated heterocycles. The first kappa shape index (κ1) is 12.7. The fourth-order valence-electron chi connectivity index (χ4n) is 2.39. The van der Waals surface area contributed by atoms with E-state index in [0.29, 0.717) is 18.9 Å². The maximum absolute atomic E-state index is 11.0. The quantitative estimate of drug-likeness (QED) is 0.713. The Morgan fingerprint density at radius 1 is 1.40 bits per heavy atom. The van der Waals surface area contributed by atoms with Crippen molar-refractivity contribution in [3.8, 4) is 0 Å². The van der Waals surface area contributed by atoms with E-state index in [0.717, 1.165) is 25.7 Å². The van der Waals surface area contributed by atoms with Gasteiger partial charge in [-0.15, -0.1) is 0 Å². The predicted octanol–water partition coefficient (Wildman–Crippen LogP) is 2.13. The zero-order chi connectivity index (χ0) is 11.3. The number of carbonyl (C=O) groups is 1. The lowest BCUT2D eigenvalue weighted by Crippen LogP contribution is -2.28. The molecule has 3 nitrogen and oxygen atoms in total. The van der Waals surface area contributed by atoms with E-state index in [4.69, 9.17) is 4.74 Å². The summed E-state index contributed by atoms with van der Waals surface area (Å²) in [6.45, 7) is 4.11. The lowest BCUT2D eigenvalue weighted by molar-refractivity contribution is -0.139. The first-order chi connectivity index (χ1) is 7.13. The lowest BCUT2D eigenvalue weighted by atomic mass is 9.79. The van der Waals surface area contributed by atoms with E-state index in [9.17, 15) is 9.90 Å². The molecule has 1 N–H and O–H groups in total. The third kappa shape index (κ3) is 4.31. The van der Waals surface area contributed by atoms with Crippen LogP contribution in [-0.2, 0) is 9.53 Å². The molecule has 1 unspecified atom stereocenters. The minimum atomic E-state index is -0.603. The Hall–Kier alpha value is -0.410. The van der Waals surface area contributed by atoms with Crippen LogP contribution >= 0.6 is 0 Å². The van der Waals surface area contributed by atoms with Crippen molar-refractivity contribution in [3.05, 3.63) is 0 Å². The van der Waals surface area contributed by atoms with Crippen molar-refractivity contribution in [3.63, 3.8) is 0 Å². The predicted molar refractivity (Wildman–Crippen MR) is 58.4 cm³/mol. The Morgan fingerprint density at radius 3 is 2.47 bits per heavy atom. The average Bonchev–Trinajstić information content (AvgIpc) is 2.18. The topological polar surface area (TPSA) is 46.5 Å². The van der Waals surface area contributed by atoms with Gasteiger partial charge in [0.15, 0.2) is 6.29 Å². The highest BCUT2D eigenvalue weighted by Crippen LogP contribution is 2.32. The molecule has 1 aliphatic rings. The minimum absolute atomic E-state index is 0.271. The van der Waals surface area contributed by atoms with Crippen LogP contribution in [0.2, 0.25) is 0 Å². The number of aliphatic hydroxyl groups excluding tert-OH is 1. The molecule has 0 aromatic carbocycles. The number of rotatable bonds is 5. The number of Topliss-reactive ketones (excluding diaryl/α,β-unsaturated/α-hetero) is 1. The fraction of sp³-hybridized carbons (Fsp3) is 0.917. The molecule has 0 aromatic heterocycles. The van der Waals surface area contributed by atoms with Gasteiger partial charge in [0.2, 0.25) is 0 Å². The van der Waals surface area contributed by atoms with Gasteiger partial charge < -0.3 is 14.6 Å². The molecular weight excluding hydrogens is 192 g/mol. The molecule has 0 aliphatic heterocycles. The molecular formula is C12H22O3. The van der Waals surface area contributed by atoms with Crippen LogP contribution in [-0.4, -0.2) is 23.8 Å². The molecule has 0 amide bonds. The maximum Gasteiger partial charge on any atom is 0.157 e. The zero-order valence-electron chi connectivity index (χ0n) is 9.74. The summed E-state index contributed by atoms with van der Waals surface area (Å²) in [5.41, 5.74) is 0. The van der Waals surface area contributed by atoms with Crippen molar-refractivity contribution >= 4 is 5.78 Å². The number of aliphatic hydroxyl groups is 1. The van der Waals surface area contributed by atoms with Crippen LogP contribution in [0, 0.1) is 11.8 Å². The molecule has 1 rings (SSSR count). The van der Waals surface area contributed by atoms with E-state index in [1.807, 2.05) is 6.92 Å². The average molecular weight is 214 g/mol. The summed E-state index contributed by atoms with van der Waals surface area (Å²) in [4.78, 5) is 11.0. The Morgan fingerprint density at radius 2 is 2.00 bits per heavy atom. The van der Waals surface area contributed by atoms with Gasteiger partial charge in [0, 0.05) is 18.9 Å². The summed E-state index contributed by atoms with van der Waals surface area (Å²) in [5, 5.41) is 9.65. The SMILES string of the molecule is CCOC(O)C1CCC(CC(C)=O)CC1. The van der Waals surface area contributed by atoms with E-state index in [-0.39, 0.29) is 11.7 Å². The molecule has 0 aromatic rings. The van der Waals surface area contributed by atoms with Crippen LogP contribution in [0.1, 0.15) is 46.0 Å². The van der Waals surface area contributed by atoms with Crippen molar-refractivity contribution in [2.45, 2.75) is 52.2 Å². The highest BCUT2D eigenvalue weighted by atomic mass is 16.6. The third-order valence-corrected chi connectivity index (χ3v) is 3.21. The van der Waals surface area contributed by atoms with Crippen LogP contribution in [0.4, 0.5) is 0 Å². The van der Waals surface area contributed by atoms with Gasteiger partial charge >= 0.3 is 0 Å². The standard InChI is InChI=1S/C12H22O3/c1-3-15-12(14)11-6-4-10(5-7-11)8-9(2)13/h10-12,14H,3-8H2,1-2H3. The molecule has 0 spiro atoms. The van der Waals surface area contributed by atoms with Crippen LogP contribution in [0.5, 0.6) is 0 Å². The summed E-state index contributed by atoms with van der Waals surface area (Å²) >= 11 is 0. The Balaban J connectivity index is 2.26.